The number of aliphatic hydroxyl groups excluding tert-OH is 1. The summed E-state index contributed by atoms with van der Waals surface area (Å²) in [7, 11) is -3.34. The Bertz CT molecular complexity index is 1190. The van der Waals surface area contributed by atoms with Crippen molar-refractivity contribution in [3.05, 3.63) is 83.4 Å². The Morgan fingerprint density at radius 1 is 0.933 bits per heavy atom. The molecule has 0 bridgehead atoms. The number of carbonyl (C=O) groups is 1. The molecule has 156 valence electrons. The van der Waals surface area contributed by atoms with Gasteiger partial charge in [0, 0.05) is 24.9 Å². The van der Waals surface area contributed by atoms with E-state index in [0.29, 0.717) is 16.7 Å². The summed E-state index contributed by atoms with van der Waals surface area (Å²) in [5.41, 5.74) is 2.43. The van der Waals surface area contributed by atoms with Gasteiger partial charge in [-0.15, -0.1) is 0 Å². The van der Waals surface area contributed by atoms with Gasteiger partial charge >= 0.3 is 5.97 Å². The minimum absolute atomic E-state index is 0.120. The maximum Gasteiger partial charge on any atom is 0.334 e. The summed E-state index contributed by atoms with van der Waals surface area (Å²) < 4.78 is 28.9. The Morgan fingerprint density at radius 2 is 1.57 bits per heavy atom. The van der Waals surface area contributed by atoms with Crippen LogP contribution in [0.5, 0.6) is 0 Å². The van der Waals surface area contributed by atoms with E-state index in [0.717, 1.165) is 22.6 Å². The van der Waals surface area contributed by atoms with Gasteiger partial charge in [0.1, 0.15) is 0 Å². The SMILES string of the molecule is CCOC(=O)/C(CCO)=C(\c1ccc(S(C)(=O)=O)cc1)c1ccc2ccccc2c1. The average molecular weight is 425 g/mol. The quantitative estimate of drug-likeness (QED) is 0.458. The van der Waals surface area contributed by atoms with Gasteiger partial charge in [0.2, 0.25) is 0 Å². The van der Waals surface area contributed by atoms with Crippen LogP contribution in [0.15, 0.2) is 77.2 Å². The molecule has 6 heteroatoms. The van der Waals surface area contributed by atoms with Crippen molar-refractivity contribution in [2.24, 2.45) is 0 Å². The van der Waals surface area contributed by atoms with Gasteiger partial charge in [0.05, 0.1) is 11.5 Å². The zero-order valence-electron chi connectivity index (χ0n) is 17.0. The van der Waals surface area contributed by atoms with Gasteiger partial charge in [0.15, 0.2) is 9.84 Å². The van der Waals surface area contributed by atoms with Gasteiger partial charge in [-0.25, -0.2) is 13.2 Å². The zero-order chi connectivity index (χ0) is 21.7. The smallest absolute Gasteiger partial charge is 0.334 e. The fraction of sp³-hybridized carbons (Fsp3) is 0.208. The normalized spacial score (nSPS) is 12.5. The van der Waals surface area contributed by atoms with Crippen molar-refractivity contribution in [2.45, 2.75) is 18.2 Å². The molecule has 0 spiro atoms. The molecule has 0 radical (unpaired) electrons. The van der Waals surface area contributed by atoms with E-state index in [1.54, 1.807) is 19.1 Å². The van der Waals surface area contributed by atoms with Crippen molar-refractivity contribution in [3.63, 3.8) is 0 Å². The molecule has 0 saturated heterocycles. The highest BCUT2D eigenvalue weighted by Crippen LogP contribution is 2.32. The summed E-state index contributed by atoms with van der Waals surface area (Å²) in [5.74, 6) is -0.498. The first kappa shape index (κ1) is 21.7. The lowest BCUT2D eigenvalue weighted by molar-refractivity contribution is -0.138. The number of benzene rings is 3. The molecular weight excluding hydrogens is 400 g/mol. The topological polar surface area (TPSA) is 80.7 Å². The molecule has 30 heavy (non-hydrogen) atoms. The Kier molecular flexibility index (Phi) is 6.70. The van der Waals surface area contributed by atoms with Gasteiger partial charge in [-0.2, -0.15) is 0 Å². The van der Waals surface area contributed by atoms with E-state index in [1.165, 1.54) is 12.1 Å². The molecule has 5 nitrogen and oxygen atoms in total. The number of hydrogen-bond donors (Lipinski definition) is 1. The number of fused-ring (bicyclic) bond motifs is 1. The van der Waals surface area contributed by atoms with Crippen molar-refractivity contribution in [1.82, 2.24) is 0 Å². The first-order chi connectivity index (χ1) is 14.3. The van der Waals surface area contributed by atoms with Gasteiger partial charge < -0.3 is 9.84 Å². The van der Waals surface area contributed by atoms with Crippen molar-refractivity contribution < 1.29 is 23.1 Å². The molecule has 3 rings (SSSR count). The molecular formula is C24H24O5S. The van der Waals surface area contributed by atoms with Crippen LogP contribution in [0, 0.1) is 0 Å². The van der Waals surface area contributed by atoms with Crippen LogP contribution in [-0.4, -0.2) is 39.0 Å². The molecule has 0 amide bonds. The van der Waals surface area contributed by atoms with Crippen LogP contribution in [0.2, 0.25) is 0 Å². The van der Waals surface area contributed by atoms with Gasteiger partial charge in [-0.05, 0) is 52.6 Å². The monoisotopic (exact) mass is 424 g/mol. The Hall–Kier alpha value is -2.96. The number of rotatable bonds is 7. The Morgan fingerprint density at radius 3 is 2.17 bits per heavy atom. The van der Waals surface area contributed by atoms with Crippen LogP contribution < -0.4 is 0 Å². The highest BCUT2D eigenvalue weighted by Gasteiger charge is 2.20. The van der Waals surface area contributed by atoms with Crippen LogP contribution in [0.3, 0.4) is 0 Å². The molecule has 0 aliphatic heterocycles. The molecule has 3 aromatic rings. The lowest BCUT2D eigenvalue weighted by Gasteiger charge is -2.16. The fourth-order valence-electron chi connectivity index (χ4n) is 3.39. The molecule has 3 aromatic carbocycles. The molecule has 0 atom stereocenters. The molecule has 0 fully saturated rings. The van der Waals surface area contributed by atoms with E-state index in [2.05, 4.69) is 0 Å². The second-order valence-electron chi connectivity index (χ2n) is 6.91. The maximum absolute atomic E-state index is 12.7. The van der Waals surface area contributed by atoms with Crippen molar-refractivity contribution in [2.75, 3.05) is 19.5 Å². The van der Waals surface area contributed by atoms with Crippen molar-refractivity contribution in [1.29, 1.82) is 0 Å². The molecule has 1 N–H and O–H groups in total. The van der Waals surface area contributed by atoms with Crippen LogP contribution in [0.4, 0.5) is 0 Å². The van der Waals surface area contributed by atoms with Crippen LogP contribution in [0.25, 0.3) is 16.3 Å². The zero-order valence-corrected chi connectivity index (χ0v) is 17.8. The number of esters is 1. The van der Waals surface area contributed by atoms with E-state index in [-0.39, 0.29) is 24.5 Å². The largest absolute Gasteiger partial charge is 0.463 e. The summed E-state index contributed by atoms with van der Waals surface area (Å²) in [6.45, 7) is 1.73. The third-order valence-corrected chi connectivity index (χ3v) is 5.92. The second-order valence-corrected chi connectivity index (χ2v) is 8.92. The van der Waals surface area contributed by atoms with Crippen LogP contribution >= 0.6 is 0 Å². The lowest BCUT2D eigenvalue weighted by atomic mass is 9.90. The Labute approximate surface area is 176 Å². The predicted molar refractivity (Wildman–Crippen MR) is 118 cm³/mol. The first-order valence-electron chi connectivity index (χ1n) is 9.66. The minimum Gasteiger partial charge on any atom is -0.463 e. The third kappa shape index (κ3) is 4.78. The predicted octanol–water partition coefficient (Wildman–Crippen LogP) is 3.99. The molecule has 0 aliphatic rings. The van der Waals surface area contributed by atoms with Gasteiger partial charge in [-0.3, -0.25) is 0 Å². The summed E-state index contributed by atoms with van der Waals surface area (Å²) >= 11 is 0. The lowest BCUT2D eigenvalue weighted by Crippen LogP contribution is -2.12. The molecule has 0 saturated carbocycles. The first-order valence-corrected chi connectivity index (χ1v) is 11.5. The standard InChI is InChI=1S/C24H24O5S/c1-3-29-24(26)22(14-15-25)23(18-10-12-21(13-11-18)30(2,27)28)20-9-8-17-6-4-5-7-19(17)16-20/h4-13,16,25H,3,14-15H2,1-2H3/b23-22+. The van der Waals surface area contributed by atoms with Gasteiger partial charge in [-0.1, -0.05) is 48.5 Å². The van der Waals surface area contributed by atoms with Crippen molar-refractivity contribution in [3.8, 4) is 0 Å². The van der Waals surface area contributed by atoms with Gasteiger partial charge in [0.25, 0.3) is 0 Å². The minimum atomic E-state index is -3.34. The molecule has 0 unspecified atom stereocenters. The maximum atomic E-state index is 12.7. The summed E-state index contributed by atoms with van der Waals surface area (Å²) in [5, 5.41) is 11.7. The fourth-order valence-corrected chi connectivity index (χ4v) is 4.02. The number of hydrogen-bond acceptors (Lipinski definition) is 5. The number of sulfone groups is 1. The third-order valence-electron chi connectivity index (χ3n) is 4.79. The molecule has 0 aliphatic carbocycles. The van der Waals surface area contributed by atoms with Crippen LogP contribution in [-0.2, 0) is 19.4 Å². The summed E-state index contributed by atoms with van der Waals surface area (Å²) in [6, 6.07) is 20.1. The number of carbonyl (C=O) groups excluding carboxylic acids is 1. The summed E-state index contributed by atoms with van der Waals surface area (Å²) in [4.78, 5) is 12.9. The summed E-state index contributed by atoms with van der Waals surface area (Å²) in [6.07, 6.45) is 1.27. The highest BCUT2D eigenvalue weighted by molar-refractivity contribution is 7.90. The molecule has 0 aromatic heterocycles. The van der Waals surface area contributed by atoms with E-state index >= 15 is 0 Å². The van der Waals surface area contributed by atoms with E-state index in [4.69, 9.17) is 4.74 Å². The number of aliphatic hydroxyl groups is 1. The Balaban J connectivity index is 2.26. The second kappa shape index (κ2) is 9.24. The number of ether oxygens (including phenoxy) is 1. The van der Waals surface area contributed by atoms with E-state index < -0.39 is 15.8 Å². The van der Waals surface area contributed by atoms with E-state index in [1.807, 2.05) is 42.5 Å². The average Bonchev–Trinajstić information content (AvgIpc) is 2.73. The van der Waals surface area contributed by atoms with Crippen LogP contribution in [0.1, 0.15) is 24.5 Å². The molecule has 0 heterocycles. The van der Waals surface area contributed by atoms with Crippen molar-refractivity contribution >= 4 is 32.2 Å². The van der Waals surface area contributed by atoms with E-state index in [9.17, 15) is 18.3 Å². The highest BCUT2D eigenvalue weighted by atomic mass is 32.2.